The molecular weight excluding hydrogens is 254 g/mol. The number of carbonyl (C=O) groups is 1. The number of ether oxygens (including phenoxy) is 1. The first-order chi connectivity index (χ1) is 8.11. The van der Waals surface area contributed by atoms with Crippen LogP contribution in [0.1, 0.15) is 10.4 Å². The second-order valence-electron chi connectivity index (χ2n) is 3.08. The van der Waals surface area contributed by atoms with Crippen LogP contribution in [-0.2, 0) is 4.74 Å². The molecule has 0 spiro atoms. The minimum absolute atomic E-state index is 0.0218. The van der Waals surface area contributed by atoms with Crippen molar-refractivity contribution in [2.75, 3.05) is 19.8 Å². The van der Waals surface area contributed by atoms with Crippen LogP contribution in [0.5, 0.6) is 0 Å². The first-order valence-electron chi connectivity index (χ1n) is 4.85. The van der Waals surface area contributed by atoms with E-state index in [9.17, 15) is 13.6 Å². The number of hydrogen-bond donors (Lipinski definition) is 1. The smallest absolute Gasteiger partial charge is 0.261 e. The van der Waals surface area contributed by atoms with Crippen molar-refractivity contribution in [1.29, 1.82) is 0 Å². The fourth-order valence-corrected chi connectivity index (χ4v) is 1.24. The van der Waals surface area contributed by atoms with Gasteiger partial charge in [-0.05, 0) is 6.07 Å². The summed E-state index contributed by atoms with van der Waals surface area (Å²) >= 11 is 5.77. The van der Waals surface area contributed by atoms with Crippen LogP contribution in [0, 0.1) is 0 Å². The van der Waals surface area contributed by atoms with Crippen LogP contribution in [0.25, 0.3) is 0 Å². The molecule has 7 heteroatoms. The highest BCUT2D eigenvalue weighted by molar-refractivity contribution is 6.33. The van der Waals surface area contributed by atoms with Crippen molar-refractivity contribution in [3.63, 3.8) is 0 Å². The van der Waals surface area contributed by atoms with Gasteiger partial charge in [0, 0.05) is 18.9 Å². The van der Waals surface area contributed by atoms with E-state index < -0.39 is 18.9 Å². The van der Waals surface area contributed by atoms with E-state index in [2.05, 4.69) is 15.0 Å². The van der Waals surface area contributed by atoms with E-state index in [1.807, 2.05) is 0 Å². The van der Waals surface area contributed by atoms with Gasteiger partial charge in [0.25, 0.3) is 12.3 Å². The third-order valence-electron chi connectivity index (χ3n) is 1.79. The van der Waals surface area contributed by atoms with Gasteiger partial charge in [0.05, 0.1) is 17.2 Å². The lowest BCUT2D eigenvalue weighted by molar-refractivity contribution is 0.0188. The van der Waals surface area contributed by atoms with Gasteiger partial charge in [0.1, 0.15) is 6.61 Å². The van der Waals surface area contributed by atoms with Gasteiger partial charge in [0.2, 0.25) is 0 Å². The number of carbonyl (C=O) groups excluding carboxylic acids is 1. The molecule has 1 heterocycles. The highest BCUT2D eigenvalue weighted by Gasteiger charge is 2.09. The number of rotatable bonds is 6. The molecule has 1 aromatic rings. The van der Waals surface area contributed by atoms with Crippen molar-refractivity contribution in [1.82, 2.24) is 10.3 Å². The summed E-state index contributed by atoms with van der Waals surface area (Å²) in [6, 6.07) is 1.49. The third kappa shape index (κ3) is 5.06. The van der Waals surface area contributed by atoms with Crippen LogP contribution in [0.4, 0.5) is 8.78 Å². The third-order valence-corrected chi connectivity index (χ3v) is 2.12. The van der Waals surface area contributed by atoms with E-state index in [1.54, 1.807) is 0 Å². The van der Waals surface area contributed by atoms with Crippen molar-refractivity contribution in [3.05, 3.63) is 29.0 Å². The number of amides is 1. The minimum atomic E-state index is -2.50. The number of nitrogens with zero attached hydrogens (tertiary/aromatic N) is 1. The van der Waals surface area contributed by atoms with Crippen LogP contribution in [-0.4, -0.2) is 37.1 Å². The zero-order valence-electron chi connectivity index (χ0n) is 8.83. The summed E-state index contributed by atoms with van der Waals surface area (Å²) in [5, 5.41) is 2.76. The molecule has 0 atom stereocenters. The number of pyridine rings is 1. The van der Waals surface area contributed by atoms with Gasteiger partial charge in [-0.3, -0.25) is 9.78 Å². The van der Waals surface area contributed by atoms with Gasteiger partial charge in [-0.2, -0.15) is 0 Å². The molecule has 17 heavy (non-hydrogen) atoms. The minimum Gasteiger partial charge on any atom is -0.374 e. The summed E-state index contributed by atoms with van der Waals surface area (Å²) in [5.41, 5.74) is 0.239. The zero-order chi connectivity index (χ0) is 12.7. The molecule has 0 saturated heterocycles. The van der Waals surface area contributed by atoms with Gasteiger partial charge >= 0.3 is 0 Å². The predicted molar refractivity (Wildman–Crippen MR) is 58.4 cm³/mol. The fourth-order valence-electron chi connectivity index (χ4n) is 1.05. The first-order valence-corrected chi connectivity index (χ1v) is 5.22. The Hall–Kier alpha value is -1.27. The van der Waals surface area contributed by atoms with Crippen molar-refractivity contribution in [3.8, 4) is 0 Å². The molecule has 94 valence electrons. The molecular formula is C10H11ClF2N2O2. The second-order valence-corrected chi connectivity index (χ2v) is 3.48. The zero-order valence-corrected chi connectivity index (χ0v) is 9.58. The molecule has 0 aromatic carbocycles. The molecule has 0 unspecified atom stereocenters. The molecule has 0 aliphatic rings. The van der Waals surface area contributed by atoms with Gasteiger partial charge < -0.3 is 10.1 Å². The monoisotopic (exact) mass is 264 g/mol. The Labute approximate surface area is 102 Å². The lowest BCUT2D eigenvalue weighted by Gasteiger charge is -2.06. The molecule has 0 aliphatic heterocycles. The van der Waals surface area contributed by atoms with E-state index in [1.165, 1.54) is 18.5 Å². The highest BCUT2D eigenvalue weighted by Crippen LogP contribution is 2.12. The van der Waals surface area contributed by atoms with Gasteiger partial charge in [-0.15, -0.1) is 0 Å². The maximum atomic E-state index is 11.7. The normalized spacial score (nSPS) is 10.6. The van der Waals surface area contributed by atoms with E-state index in [0.717, 1.165) is 0 Å². The predicted octanol–water partition coefficient (Wildman–Crippen LogP) is 1.75. The Morgan fingerprint density at radius 3 is 3.00 bits per heavy atom. The molecule has 1 amide bonds. The van der Waals surface area contributed by atoms with E-state index in [4.69, 9.17) is 11.6 Å². The molecule has 1 N–H and O–H groups in total. The summed E-state index contributed by atoms with van der Waals surface area (Å²) in [5.74, 6) is -0.413. The standard InChI is InChI=1S/C10H11ClF2N2O2/c11-8-1-2-14-5-7(8)10(16)15-3-4-17-6-9(12)13/h1-2,5,9H,3-4,6H2,(H,15,16). The summed E-state index contributed by atoms with van der Waals surface area (Å²) < 4.78 is 28.0. The van der Waals surface area contributed by atoms with Crippen LogP contribution in [0.2, 0.25) is 5.02 Å². The molecule has 0 aliphatic carbocycles. The maximum absolute atomic E-state index is 11.7. The van der Waals surface area contributed by atoms with Gasteiger partial charge in [-0.1, -0.05) is 11.6 Å². The van der Waals surface area contributed by atoms with Crippen LogP contribution < -0.4 is 5.32 Å². The largest absolute Gasteiger partial charge is 0.374 e. The number of halogens is 3. The number of alkyl halides is 2. The first kappa shape index (κ1) is 13.8. The van der Waals surface area contributed by atoms with Crippen LogP contribution in [0.15, 0.2) is 18.5 Å². The number of nitrogens with one attached hydrogen (secondary N) is 1. The van der Waals surface area contributed by atoms with Gasteiger partial charge in [0.15, 0.2) is 0 Å². The summed E-state index contributed by atoms with van der Waals surface area (Å²) in [6.07, 6.45) is 0.293. The summed E-state index contributed by atoms with van der Waals surface area (Å²) in [7, 11) is 0. The van der Waals surface area contributed by atoms with E-state index in [-0.39, 0.29) is 23.7 Å². The lowest BCUT2D eigenvalue weighted by atomic mass is 10.2. The molecule has 4 nitrogen and oxygen atoms in total. The fraction of sp³-hybridized carbons (Fsp3) is 0.400. The quantitative estimate of drug-likeness (QED) is 0.797. The molecule has 0 saturated carbocycles. The molecule has 1 aromatic heterocycles. The van der Waals surface area contributed by atoms with Crippen molar-refractivity contribution in [2.24, 2.45) is 0 Å². The Morgan fingerprint density at radius 1 is 1.59 bits per heavy atom. The van der Waals surface area contributed by atoms with Crippen LogP contribution >= 0.6 is 11.6 Å². The average molecular weight is 265 g/mol. The number of aromatic nitrogens is 1. The summed E-state index contributed by atoms with van der Waals surface area (Å²) in [4.78, 5) is 15.3. The topological polar surface area (TPSA) is 51.2 Å². The number of hydrogen-bond acceptors (Lipinski definition) is 3. The Bertz CT molecular complexity index is 377. The van der Waals surface area contributed by atoms with Crippen molar-refractivity contribution >= 4 is 17.5 Å². The van der Waals surface area contributed by atoms with Crippen molar-refractivity contribution in [2.45, 2.75) is 6.43 Å². The molecule has 0 bridgehead atoms. The second kappa shape index (κ2) is 7.13. The van der Waals surface area contributed by atoms with Gasteiger partial charge in [-0.25, -0.2) is 8.78 Å². The SMILES string of the molecule is O=C(NCCOCC(F)F)c1cnccc1Cl. The Morgan fingerprint density at radius 2 is 2.35 bits per heavy atom. The van der Waals surface area contributed by atoms with E-state index in [0.29, 0.717) is 0 Å². The maximum Gasteiger partial charge on any atom is 0.261 e. The van der Waals surface area contributed by atoms with E-state index >= 15 is 0 Å². The molecule has 0 radical (unpaired) electrons. The summed E-state index contributed by atoms with van der Waals surface area (Å²) in [6.45, 7) is -0.478. The molecule has 0 fully saturated rings. The average Bonchev–Trinajstić information content (AvgIpc) is 2.28. The Balaban J connectivity index is 2.29. The highest BCUT2D eigenvalue weighted by atomic mass is 35.5. The lowest BCUT2D eigenvalue weighted by Crippen LogP contribution is -2.28. The Kier molecular flexibility index (Phi) is 5.79. The molecule has 1 rings (SSSR count). The van der Waals surface area contributed by atoms with Crippen molar-refractivity contribution < 1.29 is 18.3 Å². The van der Waals surface area contributed by atoms with Crippen LogP contribution in [0.3, 0.4) is 0 Å².